The smallest absolute Gasteiger partial charge is 0.272 e. The van der Waals surface area contributed by atoms with Gasteiger partial charge in [-0.25, -0.2) is 9.97 Å². The molecule has 0 unspecified atom stereocenters. The van der Waals surface area contributed by atoms with Crippen molar-refractivity contribution in [3.05, 3.63) is 77.7 Å². The zero-order valence-electron chi connectivity index (χ0n) is 13.7. The van der Waals surface area contributed by atoms with Crippen LogP contribution in [0.2, 0.25) is 0 Å². The summed E-state index contributed by atoms with van der Waals surface area (Å²) in [4.78, 5) is 21.9. The van der Waals surface area contributed by atoms with Gasteiger partial charge in [0.2, 0.25) is 0 Å². The van der Waals surface area contributed by atoms with Crippen molar-refractivity contribution in [3.63, 3.8) is 0 Å². The van der Waals surface area contributed by atoms with Crippen LogP contribution in [0.5, 0.6) is 0 Å². The predicted octanol–water partition coefficient (Wildman–Crippen LogP) is 3.53. The van der Waals surface area contributed by atoms with Gasteiger partial charge in [-0.05, 0) is 23.6 Å². The van der Waals surface area contributed by atoms with Gasteiger partial charge >= 0.3 is 0 Å². The maximum atomic E-state index is 12.3. The van der Waals surface area contributed by atoms with Crippen molar-refractivity contribution in [2.75, 3.05) is 0 Å². The molecule has 0 atom stereocenters. The highest BCUT2D eigenvalue weighted by Gasteiger charge is 2.12. The lowest BCUT2D eigenvalue weighted by molar-refractivity contribution is 0.0945. The van der Waals surface area contributed by atoms with Gasteiger partial charge in [-0.2, -0.15) is 5.10 Å². The van der Waals surface area contributed by atoms with E-state index < -0.39 is 0 Å². The van der Waals surface area contributed by atoms with Crippen molar-refractivity contribution in [3.8, 4) is 21.8 Å². The standard InChI is InChI=1S/C19H15N5OS/c25-19(17-10-16(23-24-17)18-7-4-8-26-18)20-11-14-9-15(22-12-21-14)13-5-2-1-3-6-13/h1-10,12H,11H2,(H,20,25)(H,23,24). The number of amides is 1. The van der Waals surface area contributed by atoms with Crippen LogP contribution in [-0.4, -0.2) is 26.1 Å². The van der Waals surface area contributed by atoms with Gasteiger partial charge in [-0.3, -0.25) is 9.89 Å². The minimum Gasteiger partial charge on any atom is -0.345 e. The third-order valence-electron chi connectivity index (χ3n) is 3.82. The van der Waals surface area contributed by atoms with Crippen molar-refractivity contribution in [2.45, 2.75) is 6.54 Å². The number of carbonyl (C=O) groups is 1. The first-order chi connectivity index (χ1) is 12.8. The molecular formula is C19H15N5OS. The van der Waals surface area contributed by atoms with E-state index in [0.29, 0.717) is 12.2 Å². The van der Waals surface area contributed by atoms with Crippen LogP contribution < -0.4 is 5.32 Å². The lowest BCUT2D eigenvalue weighted by atomic mass is 10.1. The maximum Gasteiger partial charge on any atom is 0.272 e. The Kier molecular flexibility index (Phi) is 4.53. The van der Waals surface area contributed by atoms with E-state index in [2.05, 4.69) is 25.5 Å². The van der Waals surface area contributed by atoms with E-state index in [1.165, 1.54) is 6.33 Å². The van der Waals surface area contributed by atoms with E-state index >= 15 is 0 Å². The van der Waals surface area contributed by atoms with Gasteiger partial charge in [0.1, 0.15) is 6.33 Å². The largest absolute Gasteiger partial charge is 0.345 e. The van der Waals surface area contributed by atoms with Crippen LogP contribution in [0.1, 0.15) is 16.2 Å². The summed E-state index contributed by atoms with van der Waals surface area (Å²) in [5.41, 5.74) is 3.76. The first-order valence-corrected chi connectivity index (χ1v) is 8.91. The molecule has 2 N–H and O–H groups in total. The Morgan fingerprint density at radius 3 is 2.77 bits per heavy atom. The number of aromatic amines is 1. The van der Waals surface area contributed by atoms with Crippen LogP contribution in [0.15, 0.2) is 66.3 Å². The molecule has 26 heavy (non-hydrogen) atoms. The fourth-order valence-electron chi connectivity index (χ4n) is 2.52. The number of aromatic nitrogens is 4. The van der Waals surface area contributed by atoms with E-state index in [1.54, 1.807) is 17.4 Å². The normalized spacial score (nSPS) is 10.6. The molecule has 4 rings (SSSR count). The molecule has 3 heterocycles. The summed E-state index contributed by atoms with van der Waals surface area (Å²) in [6, 6.07) is 17.4. The minimum atomic E-state index is -0.246. The summed E-state index contributed by atoms with van der Waals surface area (Å²) in [6.45, 7) is 0.308. The fourth-order valence-corrected chi connectivity index (χ4v) is 3.21. The first-order valence-electron chi connectivity index (χ1n) is 8.03. The van der Waals surface area contributed by atoms with Crippen LogP contribution in [0.25, 0.3) is 21.8 Å². The summed E-state index contributed by atoms with van der Waals surface area (Å²) in [6.07, 6.45) is 1.51. The highest BCUT2D eigenvalue weighted by molar-refractivity contribution is 7.13. The monoisotopic (exact) mass is 361 g/mol. The van der Waals surface area contributed by atoms with E-state index in [9.17, 15) is 4.79 Å². The number of benzene rings is 1. The second kappa shape index (κ2) is 7.28. The number of thiophene rings is 1. The van der Waals surface area contributed by atoms with Crippen molar-refractivity contribution in [1.29, 1.82) is 0 Å². The molecule has 0 spiro atoms. The zero-order chi connectivity index (χ0) is 17.8. The summed E-state index contributed by atoms with van der Waals surface area (Å²) in [7, 11) is 0. The molecule has 0 aliphatic heterocycles. The molecule has 0 radical (unpaired) electrons. The van der Waals surface area contributed by atoms with Crippen LogP contribution >= 0.6 is 11.3 Å². The molecule has 0 fully saturated rings. The van der Waals surface area contributed by atoms with Crippen LogP contribution in [0.4, 0.5) is 0 Å². The van der Waals surface area contributed by atoms with Crippen molar-refractivity contribution >= 4 is 17.2 Å². The molecule has 0 saturated heterocycles. The molecule has 1 aromatic carbocycles. The van der Waals surface area contributed by atoms with Gasteiger partial charge < -0.3 is 5.32 Å². The number of H-pyrrole nitrogens is 1. The molecule has 7 heteroatoms. The molecule has 0 bridgehead atoms. The molecule has 1 amide bonds. The second-order valence-corrected chi connectivity index (χ2v) is 6.54. The van der Waals surface area contributed by atoms with Gasteiger partial charge in [-0.1, -0.05) is 36.4 Å². The van der Waals surface area contributed by atoms with Gasteiger partial charge in [0.15, 0.2) is 5.69 Å². The Morgan fingerprint density at radius 2 is 1.96 bits per heavy atom. The van der Waals surface area contributed by atoms with E-state index in [0.717, 1.165) is 27.5 Å². The van der Waals surface area contributed by atoms with Crippen molar-refractivity contribution in [1.82, 2.24) is 25.5 Å². The number of carbonyl (C=O) groups excluding carboxylic acids is 1. The quantitative estimate of drug-likeness (QED) is 0.570. The van der Waals surface area contributed by atoms with Crippen LogP contribution in [0.3, 0.4) is 0 Å². The topological polar surface area (TPSA) is 83.6 Å². The Labute approximate surface area is 154 Å². The van der Waals surface area contributed by atoms with Gasteiger partial charge in [0.05, 0.1) is 28.5 Å². The molecular weight excluding hydrogens is 346 g/mol. The highest BCUT2D eigenvalue weighted by atomic mass is 32.1. The third kappa shape index (κ3) is 3.52. The zero-order valence-corrected chi connectivity index (χ0v) is 14.5. The summed E-state index contributed by atoms with van der Waals surface area (Å²) >= 11 is 1.59. The number of nitrogens with one attached hydrogen (secondary N) is 2. The number of hydrogen-bond donors (Lipinski definition) is 2. The summed E-state index contributed by atoms with van der Waals surface area (Å²) < 4.78 is 0. The first kappa shape index (κ1) is 16.2. The lowest BCUT2D eigenvalue weighted by Gasteiger charge is -2.05. The molecule has 3 aromatic heterocycles. The summed E-state index contributed by atoms with van der Waals surface area (Å²) in [5, 5.41) is 11.8. The number of nitrogens with zero attached hydrogens (tertiary/aromatic N) is 3. The predicted molar refractivity (Wildman–Crippen MR) is 101 cm³/mol. The van der Waals surface area contributed by atoms with E-state index in [-0.39, 0.29) is 5.91 Å². The molecule has 0 aliphatic rings. The molecule has 0 aliphatic carbocycles. The second-order valence-electron chi connectivity index (χ2n) is 5.59. The van der Waals surface area contributed by atoms with Crippen LogP contribution in [0, 0.1) is 0 Å². The summed E-state index contributed by atoms with van der Waals surface area (Å²) in [5.74, 6) is -0.246. The maximum absolute atomic E-state index is 12.3. The van der Waals surface area contributed by atoms with E-state index in [4.69, 9.17) is 0 Å². The lowest BCUT2D eigenvalue weighted by Crippen LogP contribution is -2.23. The Bertz CT molecular complexity index is 1010. The van der Waals surface area contributed by atoms with Crippen molar-refractivity contribution < 1.29 is 4.79 Å². The average Bonchev–Trinajstić information content (AvgIpc) is 3.38. The Hall–Kier alpha value is -3.32. The van der Waals surface area contributed by atoms with Gasteiger partial charge in [0.25, 0.3) is 5.91 Å². The highest BCUT2D eigenvalue weighted by Crippen LogP contribution is 2.23. The van der Waals surface area contributed by atoms with E-state index in [1.807, 2.05) is 53.9 Å². The SMILES string of the molecule is O=C(NCc1cc(-c2ccccc2)ncn1)c1cc(-c2cccs2)[nH]n1. The van der Waals surface area contributed by atoms with Crippen molar-refractivity contribution in [2.24, 2.45) is 0 Å². The number of rotatable bonds is 5. The molecule has 4 aromatic rings. The van der Waals surface area contributed by atoms with Gasteiger partial charge in [0, 0.05) is 5.56 Å². The minimum absolute atomic E-state index is 0.246. The van der Waals surface area contributed by atoms with Crippen LogP contribution in [-0.2, 0) is 6.54 Å². The third-order valence-corrected chi connectivity index (χ3v) is 4.72. The molecule has 0 saturated carbocycles. The molecule has 128 valence electrons. The fraction of sp³-hybridized carbons (Fsp3) is 0.0526. The Morgan fingerprint density at radius 1 is 1.08 bits per heavy atom. The average molecular weight is 361 g/mol. The van der Waals surface area contributed by atoms with Gasteiger partial charge in [-0.15, -0.1) is 11.3 Å². The number of hydrogen-bond acceptors (Lipinski definition) is 5. The Balaban J connectivity index is 1.43. The molecule has 6 nitrogen and oxygen atoms in total.